The summed E-state index contributed by atoms with van der Waals surface area (Å²) in [6, 6.07) is 13.9. The van der Waals surface area contributed by atoms with E-state index < -0.39 is 0 Å². The van der Waals surface area contributed by atoms with Crippen LogP contribution in [-0.2, 0) is 0 Å². The predicted molar refractivity (Wildman–Crippen MR) is 57.5 cm³/mol. The minimum absolute atomic E-state index is 0.219. The van der Waals surface area contributed by atoms with Crippen molar-refractivity contribution in [2.45, 2.75) is 0 Å². The summed E-state index contributed by atoms with van der Waals surface area (Å²) in [6.45, 7) is 0. The smallest absolute Gasteiger partial charge is 0.189 e. The average molecular weight is 183 g/mol. The molecule has 2 heteroatoms. The number of aromatic amines is 1. The molecule has 1 aromatic heterocycles. The molecule has 0 aliphatic rings. The van der Waals surface area contributed by atoms with Crippen LogP contribution >= 0.6 is 0 Å². The highest BCUT2D eigenvalue weighted by Crippen LogP contribution is 2.27. The van der Waals surface area contributed by atoms with E-state index in [9.17, 15) is 5.11 Å². The summed E-state index contributed by atoms with van der Waals surface area (Å²) in [7, 11) is 0. The van der Waals surface area contributed by atoms with Crippen molar-refractivity contribution in [3.05, 3.63) is 42.5 Å². The third-order valence-corrected chi connectivity index (χ3v) is 2.51. The van der Waals surface area contributed by atoms with Gasteiger partial charge in [-0.1, -0.05) is 36.4 Å². The average Bonchev–Trinajstić information content (AvgIpc) is 2.59. The number of fused-ring (bicyclic) bond motifs is 3. The molecule has 3 rings (SSSR count). The number of aromatic hydroxyl groups is 1. The molecule has 0 aliphatic carbocycles. The van der Waals surface area contributed by atoms with E-state index >= 15 is 0 Å². The fraction of sp³-hybridized carbons (Fsp3) is 0. The lowest BCUT2D eigenvalue weighted by Gasteiger charge is -1.97. The Labute approximate surface area is 80.8 Å². The number of H-pyrrole nitrogens is 1. The highest BCUT2D eigenvalue weighted by Gasteiger charge is 2.02. The first kappa shape index (κ1) is 7.44. The van der Waals surface area contributed by atoms with E-state index in [4.69, 9.17) is 0 Å². The van der Waals surface area contributed by atoms with Gasteiger partial charge in [-0.15, -0.1) is 0 Å². The monoisotopic (exact) mass is 183 g/mol. The van der Waals surface area contributed by atoms with Gasteiger partial charge in [-0.2, -0.15) is 0 Å². The van der Waals surface area contributed by atoms with Crippen molar-refractivity contribution in [3.63, 3.8) is 0 Å². The lowest BCUT2D eigenvalue weighted by atomic mass is 10.1. The molecular weight excluding hydrogens is 174 g/mol. The van der Waals surface area contributed by atoms with Gasteiger partial charge in [0.15, 0.2) is 5.88 Å². The van der Waals surface area contributed by atoms with Crippen LogP contribution in [0, 0.1) is 0 Å². The zero-order valence-electron chi connectivity index (χ0n) is 7.49. The Balaban J connectivity index is 2.60. The molecule has 0 saturated carbocycles. The Morgan fingerprint density at radius 3 is 2.64 bits per heavy atom. The quantitative estimate of drug-likeness (QED) is 0.552. The van der Waals surface area contributed by atoms with Crippen molar-refractivity contribution < 1.29 is 5.11 Å². The maximum Gasteiger partial charge on any atom is 0.189 e. The molecule has 0 atom stereocenters. The summed E-state index contributed by atoms with van der Waals surface area (Å²) in [6.07, 6.45) is 0. The van der Waals surface area contributed by atoms with Gasteiger partial charge in [-0.05, 0) is 5.39 Å². The molecule has 0 aliphatic heterocycles. The molecule has 0 spiro atoms. The van der Waals surface area contributed by atoms with Crippen molar-refractivity contribution in [1.82, 2.24) is 4.98 Å². The van der Waals surface area contributed by atoms with E-state index in [-0.39, 0.29) is 5.88 Å². The molecule has 0 bridgehead atoms. The number of hydrogen-bond acceptors (Lipinski definition) is 1. The number of hydrogen-bond donors (Lipinski definition) is 2. The molecule has 1 heterocycles. The van der Waals surface area contributed by atoms with Crippen molar-refractivity contribution in [1.29, 1.82) is 0 Å². The van der Waals surface area contributed by atoms with E-state index in [0.29, 0.717) is 0 Å². The first-order chi connectivity index (χ1) is 6.84. The molecule has 0 unspecified atom stereocenters. The summed E-state index contributed by atoms with van der Waals surface area (Å²) in [5.74, 6) is 0.219. The minimum Gasteiger partial charge on any atom is -0.495 e. The van der Waals surface area contributed by atoms with Gasteiger partial charge in [0.25, 0.3) is 0 Å². The summed E-state index contributed by atoms with van der Waals surface area (Å²) in [5, 5.41) is 12.7. The molecule has 14 heavy (non-hydrogen) atoms. The van der Waals surface area contributed by atoms with Crippen molar-refractivity contribution in [2.75, 3.05) is 0 Å². The minimum atomic E-state index is 0.219. The lowest BCUT2D eigenvalue weighted by molar-refractivity contribution is 0.458. The van der Waals surface area contributed by atoms with E-state index in [2.05, 4.69) is 17.1 Å². The van der Waals surface area contributed by atoms with Gasteiger partial charge in [-0.3, -0.25) is 0 Å². The van der Waals surface area contributed by atoms with Gasteiger partial charge < -0.3 is 10.1 Å². The fourth-order valence-corrected chi connectivity index (χ4v) is 1.86. The standard InChI is InChI=1S/C12H9NO/c14-11-7-9-6-5-8-3-1-2-4-10(8)12(9)13-11/h1-7,13-14H. The number of rotatable bonds is 0. The largest absolute Gasteiger partial charge is 0.495 e. The predicted octanol–water partition coefficient (Wildman–Crippen LogP) is 3.03. The Bertz CT molecular complexity index is 610. The van der Waals surface area contributed by atoms with E-state index in [1.807, 2.05) is 24.3 Å². The van der Waals surface area contributed by atoms with Crippen molar-refractivity contribution in [3.8, 4) is 5.88 Å². The van der Waals surface area contributed by atoms with Gasteiger partial charge in [0.05, 0.1) is 5.52 Å². The van der Waals surface area contributed by atoms with Gasteiger partial charge in [0, 0.05) is 16.8 Å². The zero-order valence-corrected chi connectivity index (χ0v) is 7.49. The van der Waals surface area contributed by atoms with Gasteiger partial charge >= 0.3 is 0 Å². The SMILES string of the molecule is Oc1cc2ccc3ccccc3c2[nH]1. The van der Waals surface area contributed by atoms with Crippen molar-refractivity contribution >= 4 is 21.7 Å². The highest BCUT2D eigenvalue weighted by molar-refractivity contribution is 6.05. The molecule has 3 aromatic rings. The Morgan fingerprint density at radius 1 is 0.929 bits per heavy atom. The molecule has 0 fully saturated rings. The fourth-order valence-electron chi connectivity index (χ4n) is 1.86. The van der Waals surface area contributed by atoms with Crippen LogP contribution < -0.4 is 0 Å². The zero-order chi connectivity index (χ0) is 9.54. The molecule has 68 valence electrons. The Morgan fingerprint density at radius 2 is 1.71 bits per heavy atom. The highest BCUT2D eigenvalue weighted by atomic mass is 16.3. The second-order valence-electron chi connectivity index (χ2n) is 3.41. The van der Waals surface area contributed by atoms with Crippen LogP contribution in [0.15, 0.2) is 42.5 Å². The summed E-state index contributed by atoms with van der Waals surface area (Å²) < 4.78 is 0. The normalized spacial score (nSPS) is 11.1. The van der Waals surface area contributed by atoms with Crippen LogP contribution in [0.2, 0.25) is 0 Å². The third kappa shape index (κ3) is 0.909. The van der Waals surface area contributed by atoms with Crippen molar-refractivity contribution in [2.24, 2.45) is 0 Å². The van der Waals surface area contributed by atoms with Gasteiger partial charge in [-0.25, -0.2) is 0 Å². The van der Waals surface area contributed by atoms with Crippen LogP contribution in [0.25, 0.3) is 21.7 Å². The van der Waals surface area contributed by atoms with E-state index in [0.717, 1.165) is 16.3 Å². The summed E-state index contributed by atoms with van der Waals surface area (Å²) >= 11 is 0. The summed E-state index contributed by atoms with van der Waals surface area (Å²) in [5.41, 5.74) is 1.00. The van der Waals surface area contributed by atoms with Crippen LogP contribution in [0.3, 0.4) is 0 Å². The number of aromatic nitrogens is 1. The topological polar surface area (TPSA) is 36.0 Å². The number of benzene rings is 2. The second kappa shape index (κ2) is 2.51. The molecule has 2 aromatic carbocycles. The van der Waals surface area contributed by atoms with Crippen LogP contribution in [-0.4, -0.2) is 10.1 Å². The molecule has 0 radical (unpaired) electrons. The van der Waals surface area contributed by atoms with E-state index in [1.165, 1.54) is 5.39 Å². The third-order valence-electron chi connectivity index (χ3n) is 2.51. The first-order valence-corrected chi connectivity index (χ1v) is 4.54. The Kier molecular flexibility index (Phi) is 1.34. The summed E-state index contributed by atoms with van der Waals surface area (Å²) in [4.78, 5) is 2.96. The molecule has 0 amide bonds. The second-order valence-corrected chi connectivity index (χ2v) is 3.41. The lowest BCUT2D eigenvalue weighted by Crippen LogP contribution is -1.73. The van der Waals surface area contributed by atoms with Crippen LogP contribution in [0.4, 0.5) is 0 Å². The molecular formula is C12H9NO. The molecule has 0 saturated heterocycles. The molecule has 2 N–H and O–H groups in total. The number of nitrogens with one attached hydrogen (secondary N) is 1. The van der Waals surface area contributed by atoms with Gasteiger partial charge in [0.2, 0.25) is 0 Å². The maximum absolute atomic E-state index is 9.36. The Hall–Kier alpha value is -1.96. The first-order valence-electron chi connectivity index (χ1n) is 4.54. The van der Waals surface area contributed by atoms with Crippen LogP contribution in [0.5, 0.6) is 5.88 Å². The maximum atomic E-state index is 9.36. The van der Waals surface area contributed by atoms with Crippen LogP contribution in [0.1, 0.15) is 0 Å². The van der Waals surface area contributed by atoms with Gasteiger partial charge in [0.1, 0.15) is 0 Å². The van der Waals surface area contributed by atoms with E-state index in [1.54, 1.807) is 6.07 Å². The molecule has 2 nitrogen and oxygen atoms in total.